The number of aromatic nitrogens is 2. The lowest BCUT2D eigenvalue weighted by Gasteiger charge is -2.19. The number of carbonyl (C=O) groups excluding carboxylic acids is 2. The number of methoxy groups -OCH3 is 1. The highest BCUT2D eigenvalue weighted by atomic mass is 19.1. The summed E-state index contributed by atoms with van der Waals surface area (Å²) in [5.41, 5.74) is -0.276. The zero-order valence-electron chi connectivity index (χ0n) is 11.5. The average molecular weight is 299 g/mol. The summed E-state index contributed by atoms with van der Waals surface area (Å²) in [6.07, 6.45) is 2.62. The van der Waals surface area contributed by atoms with Gasteiger partial charge in [0.15, 0.2) is 5.76 Å². The molecule has 110 valence electrons. The lowest BCUT2D eigenvalue weighted by Crippen LogP contribution is -2.29. The number of ether oxygens (including phenoxy) is 1. The fraction of sp³-hybridized carbons (Fsp3) is 0.0667. The minimum Gasteiger partial charge on any atom is -0.491 e. The van der Waals surface area contributed by atoms with Crippen LogP contribution in [0.15, 0.2) is 48.1 Å². The van der Waals surface area contributed by atoms with Crippen LogP contribution in [-0.2, 0) is 4.74 Å². The van der Waals surface area contributed by atoms with Crippen molar-refractivity contribution in [2.45, 2.75) is 0 Å². The Morgan fingerprint density at radius 1 is 1.05 bits per heavy atom. The zero-order valence-corrected chi connectivity index (χ0v) is 11.5. The lowest BCUT2D eigenvalue weighted by atomic mass is 9.99. The molecule has 0 radical (unpaired) electrons. The molecule has 1 aliphatic rings. The van der Waals surface area contributed by atoms with Crippen molar-refractivity contribution in [1.82, 2.24) is 9.97 Å². The summed E-state index contributed by atoms with van der Waals surface area (Å²) in [7, 11) is 1.25. The van der Waals surface area contributed by atoms with E-state index in [0.717, 1.165) is 0 Å². The van der Waals surface area contributed by atoms with Gasteiger partial charge in [-0.15, -0.1) is 0 Å². The molecule has 22 heavy (non-hydrogen) atoms. The van der Waals surface area contributed by atoms with E-state index < -0.39 is 17.4 Å². The van der Waals surface area contributed by atoms with Crippen molar-refractivity contribution in [2.24, 2.45) is 0 Å². The van der Waals surface area contributed by atoms with E-state index in [9.17, 15) is 14.0 Å². The Labute approximate surface area is 124 Å². The highest BCUT2D eigenvalue weighted by molar-refractivity contribution is 6.25. The van der Waals surface area contributed by atoms with Gasteiger partial charge >= 0.3 is 0 Å². The van der Waals surface area contributed by atoms with Crippen molar-refractivity contribution < 1.29 is 18.7 Å². The van der Waals surface area contributed by atoms with Crippen LogP contribution in [0.2, 0.25) is 0 Å². The summed E-state index contributed by atoms with van der Waals surface area (Å²) in [5, 5.41) is 2.61. The van der Waals surface area contributed by atoms with Crippen LogP contribution in [0.25, 0.3) is 0 Å². The summed E-state index contributed by atoms with van der Waals surface area (Å²) in [4.78, 5) is 32.5. The second-order valence-corrected chi connectivity index (χ2v) is 4.42. The topological polar surface area (TPSA) is 81.2 Å². The minimum atomic E-state index is -0.581. The van der Waals surface area contributed by atoms with Gasteiger partial charge in [0.05, 0.1) is 12.8 Å². The molecule has 7 heteroatoms. The van der Waals surface area contributed by atoms with Crippen molar-refractivity contribution in [2.75, 3.05) is 12.4 Å². The maximum atomic E-state index is 13.7. The maximum absolute atomic E-state index is 13.7. The average Bonchev–Trinajstić information content (AvgIpc) is 2.54. The van der Waals surface area contributed by atoms with Gasteiger partial charge in [-0.3, -0.25) is 9.59 Å². The molecule has 0 amide bonds. The largest absolute Gasteiger partial charge is 0.491 e. The minimum absolute atomic E-state index is 0.0561. The number of ketones is 2. The third-order valence-electron chi connectivity index (χ3n) is 3.13. The molecule has 0 saturated heterocycles. The molecule has 3 rings (SSSR count). The number of anilines is 1. The Morgan fingerprint density at radius 2 is 1.68 bits per heavy atom. The molecule has 0 bridgehead atoms. The fourth-order valence-corrected chi connectivity index (χ4v) is 2.12. The molecule has 0 saturated carbocycles. The number of hydrogen-bond acceptors (Lipinski definition) is 6. The van der Waals surface area contributed by atoms with Crippen molar-refractivity contribution in [3.05, 3.63) is 65.3 Å². The zero-order chi connectivity index (χ0) is 15.7. The van der Waals surface area contributed by atoms with Gasteiger partial charge in [0.2, 0.25) is 5.78 Å². The number of nitrogens with one attached hydrogen (secondary N) is 1. The van der Waals surface area contributed by atoms with Gasteiger partial charge in [-0.05, 0) is 12.1 Å². The third-order valence-corrected chi connectivity index (χ3v) is 3.13. The smallest absolute Gasteiger partial charge is 0.250 e. The van der Waals surface area contributed by atoms with Crippen LogP contribution in [0.3, 0.4) is 0 Å². The molecule has 1 aromatic carbocycles. The quantitative estimate of drug-likeness (QED) is 0.933. The summed E-state index contributed by atoms with van der Waals surface area (Å²) in [6, 6.07) is 5.79. The van der Waals surface area contributed by atoms with Crippen molar-refractivity contribution in [3.8, 4) is 0 Å². The van der Waals surface area contributed by atoms with Gasteiger partial charge in [0.25, 0.3) is 5.78 Å². The molecule has 6 nitrogen and oxygen atoms in total. The number of para-hydroxylation sites is 1. The second-order valence-electron chi connectivity index (χ2n) is 4.42. The third kappa shape index (κ3) is 2.12. The van der Waals surface area contributed by atoms with Crippen molar-refractivity contribution in [1.29, 1.82) is 0 Å². The van der Waals surface area contributed by atoms with E-state index in [0.29, 0.717) is 0 Å². The first-order chi connectivity index (χ1) is 10.6. The van der Waals surface area contributed by atoms with Gasteiger partial charge in [-0.2, -0.15) is 0 Å². The predicted molar refractivity (Wildman–Crippen MR) is 74.8 cm³/mol. The molecule has 1 aliphatic carbocycles. The summed E-state index contributed by atoms with van der Waals surface area (Å²) < 4.78 is 18.8. The Morgan fingerprint density at radius 3 is 2.32 bits per heavy atom. The number of rotatable bonds is 3. The van der Waals surface area contributed by atoms with Gasteiger partial charge in [-0.1, -0.05) is 12.1 Å². The van der Waals surface area contributed by atoms with Crippen molar-refractivity contribution >= 4 is 17.3 Å². The molecule has 0 unspecified atom stereocenters. The standard InChI is InChI=1S/C15H10FN3O3/c1-22-15-12(19-9-5-3-2-4-8(9)16)13(20)10-11(14(15)21)18-7-6-17-10/h2-7,19H,1H3. The number of benzene rings is 1. The number of nitrogens with zero attached hydrogens (tertiary/aromatic N) is 2. The summed E-state index contributed by atoms with van der Waals surface area (Å²) >= 11 is 0. The fourth-order valence-electron chi connectivity index (χ4n) is 2.12. The monoisotopic (exact) mass is 299 g/mol. The molecular formula is C15H10FN3O3. The molecule has 1 N–H and O–H groups in total. The van der Waals surface area contributed by atoms with Crippen LogP contribution in [0, 0.1) is 5.82 Å². The molecule has 1 heterocycles. The molecule has 0 aliphatic heterocycles. The lowest BCUT2D eigenvalue weighted by molar-refractivity contribution is 0.0899. The summed E-state index contributed by atoms with van der Waals surface area (Å²) in [5.74, 6) is -1.94. The highest BCUT2D eigenvalue weighted by Gasteiger charge is 2.36. The van der Waals surface area contributed by atoms with E-state index in [1.807, 2.05) is 0 Å². The molecule has 2 aromatic rings. The summed E-state index contributed by atoms with van der Waals surface area (Å²) in [6.45, 7) is 0. The van der Waals surface area contributed by atoms with E-state index >= 15 is 0 Å². The van der Waals surface area contributed by atoms with Gasteiger partial charge < -0.3 is 10.1 Å². The van der Waals surface area contributed by atoms with E-state index in [2.05, 4.69) is 15.3 Å². The molecule has 0 spiro atoms. The number of allylic oxidation sites excluding steroid dienone is 2. The molecule has 0 fully saturated rings. The Hall–Kier alpha value is -3.09. The number of hydrogen-bond donors (Lipinski definition) is 1. The molecule has 0 atom stereocenters. The molecular weight excluding hydrogens is 289 g/mol. The van der Waals surface area contributed by atoms with E-state index in [1.165, 1.54) is 37.7 Å². The highest BCUT2D eigenvalue weighted by Crippen LogP contribution is 2.26. The molecule has 1 aromatic heterocycles. The number of fused-ring (bicyclic) bond motifs is 1. The number of halogens is 1. The second kappa shape index (κ2) is 5.36. The van der Waals surface area contributed by atoms with Gasteiger partial charge in [0, 0.05) is 12.4 Å². The van der Waals surface area contributed by atoms with Crippen LogP contribution in [0.1, 0.15) is 21.0 Å². The Kier molecular flexibility index (Phi) is 3.38. The first kappa shape index (κ1) is 13.9. The van der Waals surface area contributed by atoms with Gasteiger partial charge in [0.1, 0.15) is 22.9 Å². The maximum Gasteiger partial charge on any atom is 0.250 e. The number of carbonyl (C=O) groups is 2. The van der Waals surface area contributed by atoms with Crippen LogP contribution in [0.4, 0.5) is 10.1 Å². The van der Waals surface area contributed by atoms with E-state index in [1.54, 1.807) is 6.07 Å². The Balaban J connectivity index is 2.11. The van der Waals surface area contributed by atoms with Crippen LogP contribution in [-0.4, -0.2) is 28.6 Å². The SMILES string of the molecule is COC1=C(Nc2ccccc2F)C(=O)c2nccnc2C1=O. The first-order valence-corrected chi connectivity index (χ1v) is 6.33. The normalized spacial score (nSPS) is 13.9. The number of Topliss-reactive ketones (excluding diaryl/α,β-unsaturated/α-hetero) is 2. The van der Waals surface area contributed by atoms with Crippen LogP contribution >= 0.6 is 0 Å². The van der Waals surface area contributed by atoms with Crippen LogP contribution < -0.4 is 5.32 Å². The van der Waals surface area contributed by atoms with Gasteiger partial charge in [-0.25, -0.2) is 14.4 Å². The first-order valence-electron chi connectivity index (χ1n) is 6.33. The van der Waals surface area contributed by atoms with Crippen molar-refractivity contribution in [3.63, 3.8) is 0 Å². The van der Waals surface area contributed by atoms with E-state index in [-0.39, 0.29) is 28.5 Å². The van der Waals surface area contributed by atoms with Crippen LogP contribution in [0.5, 0.6) is 0 Å². The van der Waals surface area contributed by atoms with E-state index in [4.69, 9.17) is 4.74 Å². The predicted octanol–water partition coefficient (Wildman–Crippen LogP) is 1.96. The Bertz CT molecular complexity index is 817.